The zero-order valence-corrected chi connectivity index (χ0v) is 15.6. The molecule has 5 heteroatoms. The minimum Gasteiger partial charge on any atom is -0.307 e. The van der Waals surface area contributed by atoms with Crippen molar-refractivity contribution in [2.45, 2.75) is 39.0 Å². The SMILES string of the molecule is [C-]#[N+]C1=C[C@]2(C)c3nn(C)c(-c4cccnc4)c3CC[C@H]2C(C)(C)C1=O. The molecule has 0 N–H and O–H groups in total. The fraction of sp³-hybridized carbons (Fsp3) is 0.429. The van der Waals surface area contributed by atoms with Crippen LogP contribution in [0.5, 0.6) is 0 Å². The first kappa shape index (κ1) is 16.7. The largest absolute Gasteiger partial charge is 0.307 e. The van der Waals surface area contributed by atoms with Crippen LogP contribution in [0.1, 0.15) is 38.4 Å². The maximum absolute atomic E-state index is 12.8. The number of fused-ring (bicyclic) bond motifs is 3. The van der Waals surface area contributed by atoms with Crippen LogP contribution in [-0.4, -0.2) is 20.5 Å². The monoisotopic (exact) mass is 346 g/mol. The number of hydrogen-bond donors (Lipinski definition) is 0. The second-order valence-electron chi connectivity index (χ2n) is 8.11. The molecule has 0 aromatic carbocycles. The van der Waals surface area contributed by atoms with Gasteiger partial charge >= 0.3 is 0 Å². The zero-order valence-electron chi connectivity index (χ0n) is 15.6. The molecule has 26 heavy (non-hydrogen) atoms. The van der Waals surface area contributed by atoms with Gasteiger partial charge in [-0.25, -0.2) is 4.85 Å². The number of Topliss-reactive ketones (excluding diaryl/α,β-unsaturated/α-hetero) is 1. The summed E-state index contributed by atoms with van der Waals surface area (Å²) in [5.74, 6) is 0.0963. The molecule has 0 radical (unpaired) electrons. The number of aromatic nitrogens is 3. The highest BCUT2D eigenvalue weighted by Crippen LogP contribution is 2.55. The second-order valence-corrected chi connectivity index (χ2v) is 8.11. The highest BCUT2D eigenvalue weighted by Gasteiger charge is 2.55. The molecule has 2 aromatic rings. The Hall–Kier alpha value is -2.74. The Morgan fingerprint density at radius 2 is 2.12 bits per heavy atom. The number of hydrogen-bond acceptors (Lipinski definition) is 3. The van der Waals surface area contributed by atoms with E-state index in [1.54, 1.807) is 6.20 Å². The molecule has 2 heterocycles. The summed E-state index contributed by atoms with van der Waals surface area (Å²) in [6.45, 7) is 13.6. The number of carbonyl (C=O) groups is 1. The van der Waals surface area contributed by atoms with Crippen molar-refractivity contribution in [1.82, 2.24) is 14.8 Å². The molecular weight excluding hydrogens is 324 g/mol. The van der Waals surface area contributed by atoms with Gasteiger partial charge in [0.2, 0.25) is 5.70 Å². The van der Waals surface area contributed by atoms with Crippen molar-refractivity contribution in [3.8, 4) is 11.3 Å². The first-order chi connectivity index (χ1) is 12.3. The molecule has 0 spiro atoms. The van der Waals surface area contributed by atoms with E-state index < -0.39 is 10.8 Å². The van der Waals surface area contributed by atoms with Crippen LogP contribution < -0.4 is 0 Å². The van der Waals surface area contributed by atoms with Crippen molar-refractivity contribution in [3.63, 3.8) is 0 Å². The van der Waals surface area contributed by atoms with Crippen LogP contribution in [0.2, 0.25) is 0 Å². The molecular formula is C21H22N4O. The third-order valence-corrected chi connectivity index (χ3v) is 6.24. The topological polar surface area (TPSA) is 52.1 Å². The smallest absolute Gasteiger partial charge is 0.226 e. The Morgan fingerprint density at radius 3 is 2.77 bits per heavy atom. The Morgan fingerprint density at radius 1 is 1.35 bits per heavy atom. The van der Waals surface area contributed by atoms with Gasteiger partial charge in [-0.3, -0.25) is 9.67 Å². The van der Waals surface area contributed by atoms with Gasteiger partial charge in [0.05, 0.1) is 18.0 Å². The maximum Gasteiger partial charge on any atom is 0.226 e. The Kier molecular flexibility index (Phi) is 3.46. The van der Waals surface area contributed by atoms with Crippen molar-refractivity contribution in [2.75, 3.05) is 0 Å². The molecule has 0 aliphatic heterocycles. The van der Waals surface area contributed by atoms with Crippen LogP contribution in [-0.2, 0) is 23.7 Å². The van der Waals surface area contributed by atoms with E-state index in [-0.39, 0.29) is 17.4 Å². The van der Waals surface area contributed by atoms with Crippen LogP contribution in [0.15, 0.2) is 36.3 Å². The maximum atomic E-state index is 12.8. The quantitative estimate of drug-likeness (QED) is 0.740. The molecule has 0 amide bonds. The van der Waals surface area contributed by atoms with E-state index in [9.17, 15) is 4.79 Å². The van der Waals surface area contributed by atoms with E-state index in [0.717, 1.165) is 29.8 Å². The summed E-state index contributed by atoms with van der Waals surface area (Å²) >= 11 is 0. The molecule has 5 nitrogen and oxygen atoms in total. The van der Waals surface area contributed by atoms with E-state index >= 15 is 0 Å². The van der Waals surface area contributed by atoms with Crippen molar-refractivity contribution in [2.24, 2.45) is 18.4 Å². The average molecular weight is 346 g/mol. The lowest BCUT2D eigenvalue weighted by Gasteiger charge is -2.49. The lowest BCUT2D eigenvalue weighted by Crippen LogP contribution is -2.50. The van der Waals surface area contributed by atoms with Crippen LogP contribution in [0.25, 0.3) is 16.1 Å². The van der Waals surface area contributed by atoms with E-state index in [1.807, 2.05) is 50.0 Å². The fourth-order valence-electron chi connectivity index (χ4n) is 5.06. The summed E-state index contributed by atoms with van der Waals surface area (Å²) in [4.78, 5) is 20.6. The first-order valence-corrected chi connectivity index (χ1v) is 8.92. The van der Waals surface area contributed by atoms with E-state index in [1.165, 1.54) is 5.56 Å². The van der Waals surface area contributed by atoms with Crippen molar-refractivity contribution < 1.29 is 4.79 Å². The third kappa shape index (κ3) is 2.05. The number of carbonyl (C=O) groups excluding carboxylic acids is 1. The van der Waals surface area contributed by atoms with Gasteiger partial charge in [0.25, 0.3) is 0 Å². The van der Waals surface area contributed by atoms with Gasteiger partial charge in [-0.2, -0.15) is 5.10 Å². The minimum atomic E-state index is -0.562. The fourth-order valence-corrected chi connectivity index (χ4v) is 5.06. The Balaban J connectivity index is 1.97. The molecule has 0 saturated heterocycles. The van der Waals surface area contributed by atoms with E-state index in [2.05, 4.69) is 16.8 Å². The Labute approximate surface area is 153 Å². The summed E-state index contributed by atoms with van der Waals surface area (Å²) in [6, 6.07) is 3.98. The van der Waals surface area contributed by atoms with Gasteiger partial charge in [0.1, 0.15) is 0 Å². The molecule has 2 aliphatic rings. The summed E-state index contributed by atoms with van der Waals surface area (Å²) in [6.07, 6.45) is 7.29. The highest BCUT2D eigenvalue weighted by atomic mass is 16.1. The molecule has 0 saturated carbocycles. The lowest BCUT2D eigenvalue weighted by atomic mass is 9.53. The van der Waals surface area contributed by atoms with Gasteiger partial charge in [-0.05, 0) is 30.9 Å². The molecule has 2 atom stereocenters. The molecule has 2 aromatic heterocycles. The standard InChI is InChI=1S/C21H22N4O/c1-20(2)16-9-8-14-17(13-7-6-10-23-12-13)25(5)24-18(14)21(16,3)11-15(22-4)19(20)26/h6-7,10-12,16H,8-9H2,1-3,5H3/t16-,21-/m0/s1. The number of ketones is 1. The first-order valence-electron chi connectivity index (χ1n) is 8.92. The number of aryl methyl sites for hydroxylation is 1. The van der Waals surface area contributed by atoms with Crippen LogP contribution in [0, 0.1) is 17.9 Å². The van der Waals surface area contributed by atoms with Gasteiger partial charge in [0, 0.05) is 41.4 Å². The lowest BCUT2D eigenvalue weighted by molar-refractivity contribution is -0.128. The zero-order chi connectivity index (χ0) is 18.7. The molecule has 2 aliphatic carbocycles. The predicted molar refractivity (Wildman–Crippen MR) is 99.1 cm³/mol. The van der Waals surface area contributed by atoms with Crippen molar-refractivity contribution in [3.05, 3.63) is 59.0 Å². The molecule has 132 valence electrons. The molecule has 0 bridgehead atoms. The van der Waals surface area contributed by atoms with Crippen LogP contribution >= 0.6 is 0 Å². The summed E-state index contributed by atoms with van der Waals surface area (Å²) in [5, 5.41) is 4.87. The molecule has 4 rings (SSSR count). The molecule has 0 fully saturated rings. The van der Waals surface area contributed by atoms with E-state index in [4.69, 9.17) is 11.7 Å². The second kappa shape index (κ2) is 5.38. The number of allylic oxidation sites excluding steroid dienone is 2. The summed E-state index contributed by atoms with van der Waals surface area (Å²) < 4.78 is 1.92. The van der Waals surface area contributed by atoms with Gasteiger partial charge in [0.15, 0.2) is 5.78 Å². The molecule has 0 unspecified atom stereocenters. The summed E-state index contributed by atoms with van der Waals surface area (Å²) in [5.41, 5.74) is 3.61. The number of rotatable bonds is 1. The normalized spacial score (nSPS) is 26.5. The number of pyridine rings is 1. The summed E-state index contributed by atoms with van der Waals surface area (Å²) in [7, 11) is 1.96. The average Bonchev–Trinajstić information content (AvgIpc) is 2.96. The van der Waals surface area contributed by atoms with Crippen LogP contribution in [0.3, 0.4) is 0 Å². The van der Waals surface area contributed by atoms with Crippen molar-refractivity contribution >= 4 is 5.78 Å². The number of nitrogens with zero attached hydrogens (tertiary/aromatic N) is 4. The predicted octanol–water partition coefficient (Wildman–Crippen LogP) is 3.71. The highest BCUT2D eigenvalue weighted by molar-refractivity contribution is 6.02. The van der Waals surface area contributed by atoms with Crippen LogP contribution in [0.4, 0.5) is 0 Å². The minimum absolute atomic E-state index is 0.0400. The van der Waals surface area contributed by atoms with Gasteiger partial charge in [-0.1, -0.05) is 26.8 Å². The van der Waals surface area contributed by atoms with Gasteiger partial charge < -0.3 is 4.79 Å². The van der Waals surface area contributed by atoms with E-state index in [0.29, 0.717) is 0 Å². The van der Waals surface area contributed by atoms with Gasteiger partial charge in [-0.15, -0.1) is 0 Å². The Bertz CT molecular complexity index is 977. The van der Waals surface area contributed by atoms with Crippen molar-refractivity contribution in [1.29, 1.82) is 0 Å². The third-order valence-electron chi connectivity index (χ3n) is 6.24.